The van der Waals surface area contributed by atoms with Crippen LogP contribution in [-0.2, 0) is 11.8 Å². The van der Waals surface area contributed by atoms with Crippen LogP contribution in [-0.4, -0.2) is 59.1 Å². The van der Waals surface area contributed by atoms with Crippen LogP contribution >= 0.6 is 0 Å². The van der Waals surface area contributed by atoms with E-state index in [1.807, 2.05) is 44.2 Å². The molecule has 2 aromatic heterocycles. The molecule has 1 fully saturated rings. The Bertz CT molecular complexity index is 697. The van der Waals surface area contributed by atoms with Crippen molar-refractivity contribution in [3.05, 3.63) is 42.1 Å². The Labute approximate surface area is 135 Å². The molecule has 0 saturated carbocycles. The predicted molar refractivity (Wildman–Crippen MR) is 86.4 cm³/mol. The molecule has 1 aliphatic rings. The predicted octanol–water partition coefficient (Wildman–Crippen LogP) is 1.09. The molecule has 1 saturated heterocycles. The first-order valence-electron chi connectivity index (χ1n) is 7.58. The van der Waals surface area contributed by atoms with Crippen LogP contribution in [0.5, 0.6) is 0 Å². The van der Waals surface area contributed by atoms with E-state index in [-0.39, 0.29) is 12.0 Å². The molecule has 0 radical (unpaired) electrons. The zero-order chi connectivity index (χ0) is 16.4. The van der Waals surface area contributed by atoms with E-state index in [0.717, 1.165) is 11.5 Å². The first-order valence-corrected chi connectivity index (χ1v) is 7.58. The van der Waals surface area contributed by atoms with E-state index in [4.69, 9.17) is 4.74 Å². The smallest absolute Gasteiger partial charge is 0.290 e. The van der Waals surface area contributed by atoms with Crippen LogP contribution < -0.4 is 4.90 Å². The number of pyridine rings is 1. The number of carbonyl (C=O) groups is 1. The summed E-state index contributed by atoms with van der Waals surface area (Å²) in [6.45, 7) is 1.54. The van der Waals surface area contributed by atoms with Gasteiger partial charge in [0.15, 0.2) is 5.82 Å². The Hall–Kier alpha value is -2.41. The lowest BCUT2D eigenvalue weighted by Crippen LogP contribution is -2.43. The average Bonchev–Trinajstić information content (AvgIpc) is 3.00. The summed E-state index contributed by atoms with van der Waals surface area (Å²) in [5.74, 6) is 1.24. The van der Waals surface area contributed by atoms with Crippen molar-refractivity contribution >= 4 is 11.7 Å². The number of aromatic nitrogens is 3. The molecule has 7 nitrogen and oxygen atoms in total. The van der Waals surface area contributed by atoms with Gasteiger partial charge in [0.25, 0.3) is 5.91 Å². The van der Waals surface area contributed by atoms with Gasteiger partial charge in [-0.3, -0.25) is 4.79 Å². The second kappa shape index (κ2) is 6.37. The van der Waals surface area contributed by atoms with E-state index in [2.05, 4.69) is 9.97 Å². The molecule has 0 aromatic carbocycles. The van der Waals surface area contributed by atoms with E-state index in [9.17, 15) is 4.79 Å². The number of amides is 1. The summed E-state index contributed by atoms with van der Waals surface area (Å²) in [6, 6.07) is 5.84. The number of aryl methyl sites for hydroxylation is 1. The Morgan fingerprint density at radius 3 is 2.91 bits per heavy atom. The van der Waals surface area contributed by atoms with Crippen LogP contribution in [0.2, 0.25) is 0 Å². The Balaban J connectivity index is 1.77. The van der Waals surface area contributed by atoms with Gasteiger partial charge in [-0.1, -0.05) is 6.07 Å². The molecule has 23 heavy (non-hydrogen) atoms. The number of carbonyl (C=O) groups excluding carboxylic acids is 1. The first-order chi connectivity index (χ1) is 11.1. The normalized spacial score (nSPS) is 18.0. The van der Waals surface area contributed by atoms with Crippen molar-refractivity contribution < 1.29 is 9.53 Å². The standard InChI is InChI=1S/C16H21N5O2/c1-19(2)14-6-4-5-12(18-14)13-11-21(9-10-23-13)16(22)15-17-7-8-20(15)3/h4-8,13H,9-11H2,1-3H3. The third-order valence-corrected chi connectivity index (χ3v) is 3.91. The molecule has 3 heterocycles. The lowest BCUT2D eigenvalue weighted by molar-refractivity contribution is -0.0251. The van der Waals surface area contributed by atoms with E-state index in [1.165, 1.54) is 0 Å². The van der Waals surface area contributed by atoms with E-state index >= 15 is 0 Å². The van der Waals surface area contributed by atoms with Crippen LogP contribution in [0.3, 0.4) is 0 Å². The molecule has 0 spiro atoms. The number of hydrogen-bond donors (Lipinski definition) is 0. The van der Waals surface area contributed by atoms with Gasteiger partial charge in [0.1, 0.15) is 11.9 Å². The summed E-state index contributed by atoms with van der Waals surface area (Å²) in [5, 5.41) is 0. The average molecular weight is 315 g/mol. The maximum atomic E-state index is 12.6. The molecule has 1 unspecified atom stereocenters. The molecule has 1 aliphatic heterocycles. The first kappa shape index (κ1) is 15.5. The molecule has 1 atom stereocenters. The van der Waals surface area contributed by atoms with Crippen LogP contribution in [0, 0.1) is 0 Å². The van der Waals surface area contributed by atoms with Crippen molar-refractivity contribution in [2.45, 2.75) is 6.10 Å². The molecular weight excluding hydrogens is 294 g/mol. The minimum absolute atomic E-state index is 0.0745. The number of ether oxygens (including phenoxy) is 1. The second-order valence-corrected chi connectivity index (χ2v) is 5.79. The van der Waals surface area contributed by atoms with Gasteiger partial charge in [0, 0.05) is 40.1 Å². The molecule has 0 bridgehead atoms. The minimum atomic E-state index is -0.215. The fourth-order valence-electron chi connectivity index (χ4n) is 2.59. The van der Waals surface area contributed by atoms with Crippen molar-refractivity contribution in [1.29, 1.82) is 0 Å². The second-order valence-electron chi connectivity index (χ2n) is 5.79. The highest BCUT2D eigenvalue weighted by molar-refractivity contribution is 5.90. The molecule has 1 amide bonds. The zero-order valence-corrected chi connectivity index (χ0v) is 13.6. The quantitative estimate of drug-likeness (QED) is 0.848. The Morgan fingerprint density at radius 1 is 1.39 bits per heavy atom. The molecule has 0 N–H and O–H groups in total. The zero-order valence-electron chi connectivity index (χ0n) is 13.6. The van der Waals surface area contributed by atoms with Gasteiger partial charge in [0.2, 0.25) is 0 Å². The topological polar surface area (TPSA) is 63.5 Å². The van der Waals surface area contributed by atoms with Gasteiger partial charge in [-0.2, -0.15) is 0 Å². The van der Waals surface area contributed by atoms with Crippen molar-refractivity contribution in [2.75, 3.05) is 38.7 Å². The van der Waals surface area contributed by atoms with E-state index < -0.39 is 0 Å². The summed E-state index contributed by atoms with van der Waals surface area (Å²) in [7, 11) is 5.72. The SMILES string of the molecule is CN(C)c1cccc(C2CN(C(=O)c3nccn3C)CCO2)n1. The maximum absolute atomic E-state index is 12.6. The molecule has 122 valence electrons. The van der Waals surface area contributed by atoms with Crippen molar-refractivity contribution in [2.24, 2.45) is 7.05 Å². The number of hydrogen-bond acceptors (Lipinski definition) is 5. The van der Waals surface area contributed by atoms with Gasteiger partial charge in [0.05, 0.1) is 18.8 Å². The van der Waals surface area contributed by atoms with Crippen molar-refractivity contribution in [1.82, 2.24) is 19.4 Å². The molecular formula is C16H21N5O2. The number of anilines is 1. The van der Waals surface area contributed by atoms with Gasteiger partial charge in [-0.15, -0.1) is 0 Å². The van der Waals surface area contributed by atoms with Gasteiger partial charge in [-0.05, 0) is 12.1 Å². The third-order valence-electron chi connectivity index (χ3n) is 3.91. The van der Waals surface area contributed by atoms with Crippen LogP contribution in [0.25, 0.3) is 0 Å². The fourth-order valence-corrected chi connectivity index (χ4v) is 2.59. The Kier molecular flexibility index (Phi) is 4.29. The third kappa shape index (κ3) is 3.19. The number of nitrogens with zero attached hydrogens (tertiary/aromatic N) is 5. The van der Waals surface area contributed by atoms with Gasteiger partial charge < -0.3 is 19.1 Å². The summed E-state index contributed by atoms with van der Waals surface area (Å²) in [6.07, 6.45) is 3.19. The summed E-state index contributed by atoms with van der Waals surface area (Å²) < 4.78 is 7.56. The van der Waals surface area contributed by atoms with Crippen LogP contribution in [0.15, 0.2) is 30.6 Å². The molecule has 7 heteroatoms. The highest BCUT2D eigenvalue weighted by atomic mass is 16.5. The lowest BCUT2D eigenvalue weighted by Gasteiger charge is -2.32. The van der Waals surface area contributed by atoms with Crippen molar-refractivity contribution in [3.8, 4) is 0 Å². The molecule has 2 aromatic rings. The highest BCUT2D eigenvalue weighted by Gasteiger charge is 2.28. The lowest BCUT2D eigenvalue weighted by atomic mass is 10.2. The summed E-state index contributed by atoms with van der Waals surface area (Å²) >= 11 is 0. The maximum Gasteiger partial charge on any atom is 0.290 e. The van der Waals surface area contributed by atoms with E-state index in [1.54, 1.807) is 21.9 Å². The van der Waals surface area contributed by atoms with Crippen LogP contribution in [0.1, 0.15) is 22.4 Å². The number of morpholine rings is 1. The molecule has 3 rings (SSSR count). The largest absolute Gasteiger partial charge is 0.368 e. The van der Waals surface area contributed by atoms with Gasteiger partial charge in [-0.25, -0.2) is 9.97 Å². The summed E-state index contributed by atoms with van der Waals surface area (Å²) in [5.41, 5.74) is 0.841. The Morgan fingerprint density at radius 2 is 2.22 bits per heavy atom. The fraction of sp³-hybridized carbons (Fsp3) is 0.438. The monoisotopic (exact) mass is 315 g/mol. The van der Waals surface area contributed by atoms with E-state index in [0.29, 0.717) is 25.5 Å². The summed E-state index contributed by atoms with van der Waals surface area (Å²) in [4.78, 5) is 25.1. The molecule has 0 aliphatic carbocycles. The van der Waals surface area contributed by atoms with Crippen LogP contribution in [0.4, 0.5) is 5.82 Å². The number of imidazole rings is 1. The van der Waals surface area contributed by atoms with Gasteiger partial charge >= 0.3 is 0 Å². The minimum Gasteiger partial charge on any atom is -0.368 e. The number of rotatable bonds is 3. The highest BCUT2D eigenvalue weighted by Crippen LogP contribution is 2.23. The van der Waals surface area contributed by atoms with Crippen molar-refractivity contribution in [3.63, 3.8) is 0 Å².